The smallest absolute Gasteiger partial charge is 0.191 e. The van der Waals surface area contributed by atoms with E-state index < -0.39 is 23.0 Å². The van der Waals surface area contributed by atoms with Crippen molar-refractivity contribution >= 4 is 23.5 Å². The predicted octanol–water partition coefficient (Wildman–Crippen LogP) is 3.91. The highest BCUT2D eigenvalue weighted by molar-refractivity contribution is 6.29. The second kappa shape index (κ2) is 5.71. The molecule has 0 amide bonds. The third-order valence-electron chi connectivity index (χ3n) is 2.39. The van der Waals surface area contributed by atoms with Crippen molar-refractivity contribution in [3.8, 4) is 0 Å². The lowest BCUT2D eigenvalue weighted by molar-refractivity contribution is 0.104. The molecular weight excluding hydrogens is 272 g/mol. The Kier molecular flexibility index (Phi) is 4.02. The van der Waals surface area contributed by atoms with Crippen molar-refractivity contribution in [3.05, 3.63) is 70.5 Å². The summed E-state index contributed by atoms with van der Waals surface area (Å²) in [4.78, 5) is 15.5. The highest BCUT2D eigenvalue weighted by Gasteiger charge is 2.14. The Labute approximate surface area is 113 Å². The van der Waals surface area contributed by atoms with Crippen molar-refractivity contribution in [2.45, 2.75) is 0 Å². The summed E-state index contributed by atoms with van der Waals surface area (Å²) in [6.07, 6.45) is 3.95. The summed E-state index contributed by atoms with van der Waals surface area (Å²) in [6, 6.07) is 6.46. The van der Waals surface area contributed by atoms with Crippen molar-refractivity contribution in [2.24, 2.45) is 0 Å². The number of carbonyl (C=O) groups excluding carboxylic acids is 1. The van der Waals surface area contributed by atoms with Crippen molar-refractivity contribution in [2.75, 3.05) is 0 Å². The van der Waals surface area contributed by atoms with E-state index in [0.29, 0.717) is 10.7 Å². The molecule has 0 aliphatic carbocycles. The van der Waals surface area contributed by atoms with Gasteiger partial charge in [-0.2, -0.15) is 0 Å². The van der Waals surface area contributed by atoms with Gasteiger partial charge < -0.3 is 0 Å². The number of hydrogen-bond donors (Lipinski definition) is 0. The SMILES string of the molecule is O=C(/C=C/c1ccc(Cl)nc1)c1c(F)cccc1F. The number of aromatic nitrogens is 1. The number of benzene rings is 1. The standard InChI is InChI=1S/C14H8ClF2NO/c15-13-7-5-9(8-18-13)4-6-12(19)14-10(16)2-1-3-11(14)17/h1-8H/b6-4+. The van der Waals surface area contributed by atoms with Crippen LogP contribution < -0.4 is 0 Å². The molecule has 0 atom stereocenters. The van der Waals surface area contributed by atoms with Gasteiger partial charge in [0.05, 0.1) is 5.56 Å². The molecule has 0 aliphatic heterocycles. The molecule has 2 nitrogen and oxygen atoms in total. The van der Waals surface area contributed by atoms with E-state index in [0.717, 1.165) is 18.2 Å². The molecule has 0 unspecified atom stereocenters. The minimum absolute atomic E-state index is 0.323. The van der Waals surface area contributed by atoms with E-state index >= 15 is 0 Å². The van der Waals surface area contributed by atoms with Gasteiger partial charge >= 0.3 is 0 Å². The quantitative estimate of drug-likeness (QED) is 0.484. The molecule has 0 N–H and O–H groups in total. The number of allylic oxidation sites excluding steroid dienone is 1. The van der Waals surface area contributed by atoms with Gasteiger partial charge in [-0.15, -0.1) is 0 Å². The first kappa shape index (κ1) is 13.4. The number of ketones is 1. The number of halogens is 3. The molecule has 2 rings (SSSR count). The van der Waals surface area contributed by atoms with Crippen LogP contribution in [-0.2, 0) is 0 Å². The summed E-state index contributed by atoms with van der Waals surface area (Å²) in [6.45, 7) is 0. The highest BCUT2D eigenvalue weighted by atomic mass is 35.5. The van der Waals surface area contributed by atoms with Crippen LogP contribution in [0.3, 0.4) is 0 Å². The molecule has 0 radical (unpaired) electrons. The van der Waals surface area contributed by atoms with Gasteiger partial charge in [-0.3, -0.25) is 4.79 Å². The fraction of sp³-hybridized carbons (Fsp3) is 0. The van der Waals surface area contributed by atoms with Crippen LogP contribution in [-0.4, -0.2) is 10.8 Å². The molecule has 0 aliphatic rings. The van der Waals surface area contributed by atoms with Crippen LogP contribution in [0.4, 0.5) is 8.78 Å². The number of carbonyl (C=O) groups is 1. The zero-order valence-corrected chi connectivity index (χ0v) is 10.4. The fourth-order valence-corrected chi connectivity index (χ4v) is 1.59. The van der Waals surface area contributed by atoms with Gasteiger partial charge in [-0.05, 0) is 35.9 Å². The van der Waals surface area contributed by atoms with Crippen LogP contribution in [0.2, 0.25) is 5.15 Å². The van der Waals surface area contributed by atoms with E-state index in [1.165, 1.54) is 18.3 Å². The Morgan fingerprint density at radius 2 is 1.84 bits per heavy atom. The highest BCUT2D eigenvalue weighted by Crippen LogP contribution is 2.14. The van der Waals surface area contributed by atoms with Crippen molar-refractivity contribution < 1.29 is 13.6 Å². The molecule has 1 heterocycles. The molecule has 0 fully saturated rings. The number of pyridine rings is 1. The molecule has 96 valence electrons. The first-order valence-electron chi connectivity index (χ1n) is 5.36. The summed E-state index contributed by atoms with van der Waals surface area (Å²) < 4.78 is 26.7. The molecule has 1 aromatic carbocycles. The van der Waals surface area contributed by atoms with E-state index in [4.69, 9.17) is 11.6 Å². The molecule has 0 bridgehead atoms. The lowest BCUT2D eigenvalue weighted by Crippen LogP contribution is -2.02. The molecule has 2 aromatic rings. The van der Waals surface area contributed by atoms with E-state index in [2.05, 4.69) is 4.98 Å². The third-order valence-corrected chi connectivity index (χ3v) is 2.61. The second-order valence-electron chi connectivity index (χ2n) is 3.71. The Morgan fingerprint density at radius 1 is 1.16 bits per heavy atom. The van der Waals surface area contributed by atoms with Crippen LogP contribution in [0.15, 0.2) is 42.6 Å². The van der Waals surface area contributed by atoms with Crippen LogP contribution >= 0.6 is 11.6 Å². The molecule has 19 heavy (non-hydrogen) atoms. The average Bonchev–Trinajstić information content (AvgIpc) is 2.38. The van der Waals surface area contributed by atoms with Crippen molar-refractivity contribution in [3.63, 3.8) is 0 Å². The monoisotopic (exact) mass is 279 g/mol. The maximum absolute atomic E-state index is 13.4. The molecule has 0 spiro atoms. The van der Waals surface area contributed by atoms with E-state index in [1.54, 1.807) is 12.1 Å². The Balaban J connectivity index is 2.24. The van der Waals surface area contributed by atoms with Crippen molar-refractivity contribution in [1.29, 1.82) is 0 Å². The first-order chi connectivity index (χ1) is 9.08. The number of nitrogens with zero attached hydrogens (tertiary/aromatic N) is 1. The number of rotatable bonds is 3. The van der Waals surface area contributed by atoms with Crippen molar-refractivity contribution in [1.82, 2.24) is 4.98 Å². The molecule has 5 heteroatoms. The molecule has 0 saturated heterocycles. The van der Waals surface area contributed by atoms with Gasteiger partial charge in [0.15, 0.2) is 5.78 Å². The van der Waals surface area contributed by atoms with Crippen LogP contribution in [0.5, 0.6) is 0 Å². The Morgan fingerprint density at radius 3 is 2.42 bits per heavy atom. The summed E-state index contributed by atoms with van der Waals surface area (Å²) >= 11 is 5.61. The van der Waals surface area contributed by atoms with Crippen LogP contribution in [0, 0.1) is 11.6 Å². The lowest BCUT2D eigenvalue weighted by atomic mass is 10.1. The van der Waals surface area contributed by atoms with Crippen LogP contribution in [0.25, 0.3) is 6.08 Å². The van der Waals surface area contributed by atoms with Crippen LogP contribution in [0.1, 0.15) is 15.9 Å². The van der Waals surface area contributed by atoms with E-state index in [9.17, 15) is 13.6 Å². The van der Waals surface area contributed by atoms with E-state index in [1.807, 2.05) is 0 Å². The summed E-state index contributed by atoms with van der Waals surface area (Å²) in [7, 11) is 0. The van der Waals surface area contributed by atoms with Gasteiger partial charge in [0.25, 0.3) is 0 Å². The fourth-order valence-electron chi connectivity index (χ4n) is 1.47. The molecule has 1 aromatic heterocycles. The van der Waals surface area contributed by atoms with Gasteiger partial charge in [0.1, 0.15) is 16.8 Å². The summed E-state index contributed by atoms with van der Waals surface area (Å²) in [5.41, 5.74) is 0.0372. The first-order valence-corrected chi connectivity index (χ1v) is 5.73. The van der Waals surface area contributed by atoms with Gasteiger partial charge in [0.2, 0.25) is 0 Å². The van der Waals surface area contributed by atoms with Gasteiger partial charge in [-0.1, -0.05) is 23.7 Å². The summed E-state index contributed by atoms with van der Waals surface area (Å²) in [5, 5.41) is 0.323. The summed E-state index contributed by atoms with van der Waals surface area (Å²) in [5.74, 6) is -2.52. The zero-order chi connectivity index (χ0) is 13.8. The molecular formula is C14H8ClF2NO. The second-order valence-corrected chi connectivity index (χ2v) is 4.10. The maximum Gasteiger partial charge on any atom is 0.191 e. The normalized spacial score (nSPS) is 10.9. The average molecular weight is 280 g/mol. The Hall–Kier alpha value is -2.07. The maximum atomic E-state index is 13.4. The predicted molar refractivity (Wildman–Crippen MR) is 69.0 cm³/mol. The number of hydrogen-bond acceptors (Lipinski definition) is 2. The van der Waals surface area contributed by atoms with E-state index in [-0.39, 0.29) is 0 Å². The minimum Gasteiger partial charge on any atom is -0.289 e. The topological polar surface area (TPSA) is 30.0 Å². The minimum atomic E-state index is -0.885. The largest absolute Gasteiger partial charge is 0.289 e. The Bertz CT molecular complexity index is 618. The third kappa shape index (κ3) is 3.23. The van der Waals surface area contributed by atoms with Gasteiger partial charge in [0, 0.05) is 6.20 Å². The lowest BCUT2D eigenvalue weighted by Gasteiger charge is -2.00. The molecule has 0 saturated carbocycles. The van der Waals surface area contributed by atoms with Gasteiger partial charge in [-0.25, -0.2) is 13.8 Å². The zero-order valence-electron chi connectivity index (χ0n) is 9.61.